The summed E-state index contributed by atoms with van der Waals surface area (Å²) in [5.41, 5.74) is -0.245. The lowest BCUT2D eigenvalue weighted by molar-refractivity contribution is -0.585. The number of hydrogen-bond donors (Lipinski definition) is 0. The number of nitro groups is 1. The van der Waals surface area contributed by atoms with Crippen molar-refractivity contribution in [3.05, 3.63) is 71.1 Å². The van der Waals surface area contributed by atoms with Crippen molar-refractivity contribution in [2.75, 3.05) is 39.3 Å². The van der Waals surface area contributed by atoms with E-state index in [1.807, 2.05) is 0 Å². The number of piperidine rings is 2. The maximum Gasteiger partial charge on any atom is 0.254 e. The van der Waals surface area contributed by atoms with Crippen molar-refractivity contribution in [3.8, 4) is 0 Å². The molecule has 0 spiro atoms. The summed E-state index contributed by atoms with van der Waals surface area (Å²) in [4.78, 5) is 16.4. The van der Waals surface area contributed by atoms with E-state index in [1.54, 1.807) is 24.3 Å². The third-order valence-corrected chi connectivity index (χ3v) is 5.40. The molecular formula is C19H24FN3O2. The van der Waals surface area contributed by atoms with E-state index in [0.29, 0.717) is 26.2 Å². The van der Waals surface area contributed by atoms with E-state index in [-0.39, 0.29) is 22.6 Å². The van der Waals surface area contributed by atoms with Crippen LogP contribution in [0.3, 0.4) is 0 Å². The Kier molecular flexibility index (Phi) is 5.01. The quantitative estimate of drug-likeness (QED) is 0.452. The molecule has 2 aliphatic rings. The molecular weight excluding hydrogens is 321 g/mol. The zero-order valence-electron chi connectivity index (χ0n) is 14.3. The van der Waals surface area contributed by atoms with Gasteiger partial charge < -0.3 is 0 Å². The van der Waals surface area contributed by atoms with Crippen LogP contribution in [0, 0.1) is 21.8 Å². The van der Waals surface area contributed by atoms with E-state index in [4.69, 9.17) is 0 Å². The van der Waals surface area contributed by atoms with Gasteiger partial charge >= 0.3 is 0 Å². The lowest BCUT2D eigenvalue weighted by atomic mass is 9.66. The van der Waals surface area contributed by atoms with Crippen LogP contribution in [0.25, 0.3) is 0 Å². The maximum absolute atomic E-state index is 13.4. The number of fused-ring (bicyclic) bond motifs is 2. The Hall–Kier alpha value is -2.05. The SMILES string of the molecule is C=CCN1CC2CN(CC=C)CC([N+](=O)[O-])(C1)[C@H]2c1ccc(F)cc1. The summed E-state index contributed by atoms with van der Waals surface area (Å²) >= 11 is 0. The average molecular weight is 345 g/mol. The molecule has 0 N–H and O–H groups in total. The number of halogens is 1. The van der Waals surface area contributed by atoms with Crippen LogP contribution >= 0.6 is 0 Å². The van der Waals surface area contributed by atoms with Crippen LogP contribution in [0.5, 0.6) is 0 Å². The minimum Gasteiger partial charge on any atom is -0.292 e. The molecule has 25 heavy (non-hydrogen) atoms. The van der Waals surface area contributed by atoms with Gasteiger partial charge in [-0.05, 0) is 23.6 Å². The fourth-order valence-corrected chi connectivity index (χ4v) is 4.65. The van der Waals surface area contributed by atoms with Crippen LogP contribution in [-0.2, 0) is 0 Å². The predicted molar refractivity (Wildman–Crippen MR) is 95.6 cm³/mol. The second-order valence-electron chi connectivity index (χ2n) is 7.12. The van der Waals surface area contributed by atoms with E-state index in [0.717, 1.165) is 18.7 Å². The average Bonchev–Trinajstić information content (AvgIpc) is 2.55. The van der Waals surface area contributed by atoms with E-state index < -0.39 is 5.54 Å². The molecule has 1 aromatic rings. The molecule has 3 rings (SSSR count). The molecule has 2 fully saturated rings. The molecule has 2 saturated heterocycles. The lowest BCUT2D eigenvalue weighted by Crippen LogP contribution is -2.70. The fraction of sp³-hybridized carbons (Fsp3) is 0.474. The number of rotatable bonds is 6. The van der Waals surface area contributed by atoms with Gasteiger partial charge in [0.05, 0.1) is 19.0 Å². The highest BCUT2D eigenvalue weighted by Crippen LogP contribution is 2.46. The van der Waals surface area contributed by atoms with Crippen molar-refractivity contribution < 1.29 is 9.31 Å². The highest BCUT2D eigenvalue weighted by atomic mass is 19.1. The topological polar surface area (TPSA) is 49.6 Å². The summed E-state index contributed by atoms with van der Waals surface area (Å²) in [6, 6.07) is 6.21. The Morgan fingerprint density at radius 2 is 1.68 bits per heavy atom. The molecule has 2 bridgehead atoms. The summed E-state index contributed by atoms with van der Waals surface area (Å²) in [5.74, 6) is -0.426. The monoisotopic (exact) mass is 345 g/mol. The third-order valence-electron chi connectivity index (χ3n) is 5.40. The first-order chi connectivity index (χ1) is 12.0. The predicted octanol–water partition coefficient (Wildman–Crippen LogP) is 2.54. The van der Waals surface area contributed by atoms with E-state index in [9.17, 15) is 14.5 Å². The van der Waals surface area contributed by atoms with Crippen molar-refractivity contribution in [1.29, 1.82) is 0 Å². The molecule has 6 heteroatoms. The first-order valence-electron chi connectivity index (χ1n) is 8.56. The Morgan fingerprint density at radius 1 is 1.16 bits per heavy atom. The highest BCUT2D eigenvalue weighted by molar-refractivity contribution is 5.28. The van der Waals surface area contributed by atoms with Gasteiger partial charge in [-0.15, -0.1) is 13.2 Å². The highest BCUT2D eigenvalue weighted by Gasteiger charge is 2.61. The summed E-state index contributed by atoms with van der Waals surface area (Å²) in [5, 5.41) is 12.3. The van der Waals surface area contributed by atoms with E-state index in [1.165, 1.54) is 12.1 Å². The van der Waals surface area contributed by atoms with Gasteiger partial charge in [0.15, 0.2) is 0 Å². The second-order valence-corrected chi connectivity index (χ2v) is 7.12. The van der Waals surface area contributed by atoms with Gasteiger partial charge in [-0.25, -0.2) is 4.39 Å². The van der Waals surface area contributed by atoms with Crippen molar-refractivity contribution >= 4 is 0 Å². The molecule has 0 radical (unpaired) electrons. The number of benzene rings is 1. The Morgan fingerprint density at radius 3 is 2.12 bits per heavy atom. The maximum atomic E-state index is 13.4. The smallest absolute Gasteiger partial charge is 0.254 e. The molecule has 0 unspecified atom stereocenters. The third kappa shape index (κ3) is 3.24. The van der Waals surface area contributed by atoms with Crippen molar-refractivity contribution in [1.82, 2.24) is 9.80 Å². The molecule has 2 aliphatic heterocycles. The van der Waals surface area contributed by atoms with Crippen LogP contribution in [0.4, 0.5) is 4.39 Å². The van der Waals surface area contributed by atoms with Gasteiger partial charge in [0.25, 0.3) is 5.54 Å². The van der Waals surface area contributed by atoms with Crippen LogP contribution < -0.4 is 0 Å². The Balaban J connectivity index is 2.03. The first-order valence-corrected chi connectivity index (χ1v) is 8.56. The first kappa shape index (κ1) is 17.8. The molecule has 0 aliphatic carbocycles. The standard InChI is InChI=1S/C19H24FN3O2/c1-3-9-21-11-16-12-22(10-4-2)14-19(13-21,23(24)25)18(16)15-5-7-17(20)8-6-15/h3-8,16,18H,1-2,9-14H2/t16?,18-,19?/m0/s1. The Labute approximate surface area is 147 Å². The fourth-order valence-electron chi connectivity index (χ4n) is 4.65. The summed E-state index contributed by atoms with van der Waals surface area (Å²) in [6.45, 7) is 11.1. The largest absolute Gasteiger partial charge is 0.292 e. The van der Waals surface area contributed by atoms with Gasteiger partial charge in [-0.1, -0.05) is 24.3 Å². The van der Waals surface area contributed by atoms with Crippen molar-refractivity contribution in [2.45, 2.75) is 11.5 Å². The summed E-state index contributed by atoms with van der Waals surface area (Å²) < 4.78 is 13.4. The van der Waals surface area contributed by atoms with Crippen LogP contribution in [0.15, 0.2) is 49.6 Å². The van der Waals surface area contributed by atoms with E-state index >= 15 is 0 Å². The molecule has 1 atom stereocenters. The molecule has 1 aromatic carbocycles. The Bertz CT molecular complexity index is 639. The van der Waals surface area contributed by atoms with Gasteiger partial charge in [-0.3, -0.25) is 19.9 Å². The minimum atomic E-state index is -1.11. The zero-order chi connectivity index (χ0) is 18.0. The molecule has 0 amide bonds. The number of likely N-dealkylation sites (tertiary alicyclic amines) is 2. The normalized spacial score (nSPS) is 30.0. The molecule has 134 valence electrons. The second kappa shape index (κ2) is 7.06. The lowest BCUT2D eigenvalue weighted by Gasteiger charge is -2.52. The minimum absolute atomic E-state index is 0.110. The zero-order valence-corrected chi connectivity index (χ0v) is 14.3. The molecule has 0 saturated carbocycles. The number of nitrogens with zero attached hydrogens (tertiary/aromatic N) is 3. The van der Waals surface area contributed by atoms with Crippen LogP contribution in [0.2, 0.25) is 0 Å². The van der Waals surface area contributed by atoms with E-state index in [2.05, 4.69) is 23.0 Å². The van der Waals surface area contributed by atoms with Gasteiger partial charge in [0, 0.05) is 31.1 Å². The van der Waals surface area contributed by atoms with Crippen LogP contribution in [-0.4, -0.2) is 59.5 Å². The summed E-state index contributed by atoms with van der Waals surface area (Å²) in [6.07, 6.45) is 3.59. The van der Waals surface area contributed by atoms with Gasteiger partial charge in [0.1, 0.15) is 5.82 Å². The van der Waals surface area contributed by atoms with Gasteiger partial charge in [0.2, 0.25) is 0 Å². The molecule has 5 nitrogen and oxygen atoms in total. The number of hydrogen-bond acceptors (Lipinski definition) is 4. The van der Waals surface area contributed by atoms with Gasteiger partial charge in [-0.2, -0.15) is 0 Å². The molecule has 2 heterocycles. The van der Waals surface area contributed by atoms with Crippen LogP contribution in [0.1, 0.15) is 11.5 Å². The molecule has 0 aromatic heterocycles. The van der Waals surface area contributed by atoms with Crippen molar-refractivity contribution in [3.63, 3.8) is 0 Å². The van der Waals surface area contributed by atoms with Crippen molar-refractivity contribution in [2.24, 2.45) is 5.92 Å². The summed E-state index contributed by atoms with van der Waals surface area (Å²) in [7, 11) is 0.